The lowest BCUT2D eigenvalue weighted by Gasteiger charge is -2.43. The van der Waals surface area contributed by atoms with Crippen molar-refractivity contribution in [1.29, 1.82) is 0 Å². The van der Waals surface area contributed by atoms with E-state index in [1.54, 1.807) is 0 Å². The van der Waals surface area contributed by atoms with Gasteiger partial charge in [-0.3, -0.25) is 0 Å². The Balaban J connectivity index is 2.04. The van der Waals surface area contributed by atoms with E-state index in [1.807, 2.05) is 0 Å². The van der Waals surface area contributed by atoms with Gasteiger partial charge in [-0.05, 0) is 0 Å². The van der Waals surface area contributed by atoms with Gasteiger partial charge in [-0.15, -0.1) is 0 Å². The molecule has 0 bridgehead atoms. The second kappa shape index (κ2) is 7.83. The van der Waals surface area contributed by atoms with Crippen molar-refractivity contribution in [1.82, 2.24) is 0 Å². The van der Waals surface area contributed by atoms with E-state index in [9.17, 15) is 35.0 Å². The second-order valence-electron chi connectivity index (χ2n) is 6.17. The van der Waals surface area contributed by atoms with E-state index in [-0.39, 0.29) is 0 Å². The van der Waals surface area contributed by atoms with Gasteiger partial charge < -0.3 is 51.0 Å². The van der Waals surface area contributed by atoms with Gasteiger partial charge >= 0.3 is 0 Å². The number of rotatable bonds is 4. The highest BCUT2D eigenvalue weighted by atomic mass is 19.1. The predicted octanol–water partition coefficient (Wildman–Crippen LogP) is -4.68. The quantitative estimate of drug-likeness (QED) is 0.243. The Labute approximate surface area is 136 Å². The van der Waals surface area contributed by atoms with Crippen molar-refractivity contribution in [2.45, 2.75) is 73.8 Å². The van der Waals surface area contributed by atoms with Crippen molar-refractivity contribution in [2.75, 3.05) is 6.61 Å². The van der Waals surface area contributed by atoms with E-state index in [1.165, 1.54) is 0 Å². The van der Waals surface area contributed by atoms with Crippen LogP contribution in [-0.4, -0.2) is 110 Å². The van der Waals surface area contributed by atoms with Crippen molar-refractivity contribution in [3.05, 3.63) is 0 Å². The Morgan fingerprint density at radius 3 is 2.00 bits per heavy atom. The van der Waals surface area contributed by atoms with Crippen molar-refractivity contribution >= 4 is 0 Å². The molecule has 9 N–H and O–H groups in total. The molecule has 0 aromatic heterocycles. The standard InChI is InChI=1S/C13H24FNO9/c14-3(12-11(21)9(19)6(15)13(22)24-12)1-4-7(17)10(20)8(18)5(2-16)23-4/h3-13,16-22H,1-2,15H2/t3-,4-,5-,6-,7+,8+,9-,10-,11+,12-,13-/m1/s1. The van der Waals surface area contributed by atoms with Gasteiger partial charge in [-0.25, -0.2) is 4.39 Å². The average molecular weight is 357 g/mol. The summed E-state index contributed by atoms with van der Waals surface area (Å²) >= 11 is 0. The van der Waals surface area contributed by atoms with Gasteiger partial charge in [0.1, 0.15) is 48.9 Å². The second-order valence-corrected chi connectivity index (χ2v) is 6.17. The van der Waals surface area contributed by atoms with Gasteiger partial charge in [0.15, 0.2) is 6.29 Å². The average Bonchev–Trinajstić information content (AvgIpc) is 2.56. The zero-order chi connectivity index (χ0) is 18.2. The van der Waals surface area contributed by atoms with Crippen LogP contribution in [0.3, 0.4) is 0 Å². The number of ether oxygens (including phenoxy) is 2. The van der Waals surface area contributed by atoms with Gasteiger partial charge in [-0.2, -0.15) is 0 Å². The molecule has 2 aliphatic heterocycles. The van der Waals surface area contributed by atoms with Crippen molar-refractivity contribution in [2.24, 2.45) is 5.73 Å². The van der Waals surface area contributed by atoms with E-state index >= 15 is 0 Å². The van der Waals surface area contributed by atoms with Crippen LogP contribution in [0.25, 0.3) is 0 Å². The number of hydrogen-bond acceptors (Lipinski definition) is 10. The number of halogens is 1. The van der Waals surface area contributed by atoms with Crippen molar-refractivity contribution in [3.63, 3.8) is 0 Å². The van der Waals surface area contributed by atoms with E-state index < -0.39 is 80.4 Å². The molecule has 142 valence electrons. The Morgan fingerprint density at radius 2 is 1.42 bits per heavy atom. The summed E-state index contributed by atoms with van der Waals surface area (Å²) in [6, 6.07) is -1.31. The number of aliphatic hydroxyl groups is 7. The fourth-order valence-electron chi connectivity index (χ4n) is 2.95. The largest absolute Gasteiger partial charge is 0.394 e. The van der Waals surface area contributed by atoms with Gasteiger partial charge in [0.2, 0.25) is 0 Å². The van der Waals surface area contributed by atoms with E-state index in [0.717, 1.165) is 0 Å². The Hall–Kier alpha value is -0.470. The zero-order valence-electron chi connectivity index (χ0n) is 12.7. The van der Waals surface area contributed by atoms with Crippen LogP contribution < -0.4 is 5.73 Å². The maximum atomic E-state index is 14.5. The van der Waals surface area contributed by atoms with Gasteiger partial charge in [0.25, 0.3) is 0 Å². The lowest BCUT2D eigenvalue weighted by molar-refractivity contribution is -0.265. The first kappa shape index (κ1) is 19.8. The smallest absolute Gasteiger partial charge is 0.173 e. The minimum absolute atomic E-state index is 0.585. The third-order valence-electron chi connectivity index (χ3n) is 4.51. The molecule has 2 aliphatic rings. The maximum absolute atomic E-state index is 14.5. The molecular formula is C13H24FNO9. The minimum atomic E-state index is -2.00. The van der Waals surface area contributed by atoms with Crippen LogP contribution in [-0.2, 0) is 9.47 Å². The maximum Gasteiger partial charge on any atom is 0.173 e. The highest BCUT2D eigenvalue weighted by Gasteiger charge is 2.49. The predicted molar refractivity (Wildman–Crippen MR) is 74.1 cm³/mol. The number of alkyl halides is 1. The topological polar surface area (TPSA) is 186 Å². The van der Waals surface area contributed by atoms with E-state index in [2.05, 4.69) is 0 Å². The highest BCUT2D eigenvalue weighted by molar-refractivity contribution is 4.97. The van der Waals surface area contributed by atoms with Crippen LogP contribution in [0.5, 0.6) is 0 Å². The lowest BCUT2D eigenvalue weighted by Crippen LogP contribution is -2.64. The molecule has 2 fully saturated rings. The fourth-order valence-corrected chi connectivity index (χ4v) is 2.95. The van der Waals surface area contributed by atoms with Crippen LogP contribution in [0, 0.1) is 0 Å². The Bertz CT molecular complexity index is 417. The summed E-state index contributed by atoms with van der Waals surface area (Å²) in [6.45, 7) is -0.659. The Morgan fingerprint density at radius 1 is 0.833 bits per heavy atom. The van der Waals surface area contributed by atoms with Gasteiger partial charge in [-0.1, -0.05) is 0 Å². The van der Waals surface area contributed by atoms with Crippen LogP contribution in [0.15, 0.2) is 0 Å². The molecule has 2 rings (SSSR count). The van der Waals surface area contributed by atoms with Crippen LogP contribution in [0.4, 0.5) is 4.39 Å². The number of hydrogen-bond donors (Lipinski definition) is 8. The zero-order valence-corrected chi connectivity index (χ0v) is 12.7. The van der Waals surface area contributed by atoms with Crippen LogP contribution >= 0.6 is 0 Å². The third-order valence-corrected chi connectivity index (χ3v) is 4.51. The summed E-state index contributed by atoms with van der Waals surface area (Å²) < 4.78 is 24.5. The first-order chi connectivity index (χ1) is 11.2. The Kier molecular flexibility index (Phi) is 6.47. The fraction of sp³-hybridized carbons (Fsp3) is 1.00. The molecule has 2 saturated heterocycles. The molecule has 11 atom stereocenters. The molecular weight excluding hydrogens is 333 g/mol. The summed E-state index contributed by atoms with van der Waals surface area (Å²) in [5, 5.41) is 67.4. The minimum Gasteiger partial charge on any atom is -0.394 e. The normalized spacial score (nSPS) is 51.4. The molecule has 11 heteroatoms. The molecule has 0 unspecified atom stereocenters. The molecule has 0 aromatic carbocycles. The van der Waals surface area contributed by atoms with Gasteiger partial charge in [0, 0.05) is 6.42 Å². The summed E-state index contributed by atoms with van der Waals surface area (Å²) in [4.78, 5) is 0. The molecule has 0 radical (unpaired) electrons. The molecule has 0 aliphatic carbocycles. The first-order valence-electron chi connectivity index (χ1n) is 7.58. The van der Waals surface area contributed by atoms with Crippen LogP contribution in [0.2, 0.25) is 0 Å². The molecule has 24 heavy (non-hydrogen) atoms. The third kappa shape index (κ3) is 3.70. The van der Waals surface area contributed by atoms with E-state index in [4.69, 9.17) is 20.3 Å². The SMILES string of the molecule is N[C@@H]1[C@@H](O)[C@H](O)[C@@H]([C@H](F)C[C@H]2O[C@H](CO)[C@H](O)[C@H](O)[C@H]2O)O[C@H]1O. The van der Waals surface area contributed by atoms with Crippen LogP contribution in [0.1, 0.15) is 6.42 Å². The number of nitrogens with two attached hydrogens (primary N) is 1. The molecule has 0 spiro atoms. The van der Waals surface area contributed by atoms with Gasteiger partial charge in [0.05, 0.1) is 18.8 Å². The van der Waals surface area contributed by atoms with E-state index in [0.29, 0.717) is 0 Å². The number of aliphatic hydroxyl groups excluding tert-OH is 7. The molecule has 10 nitrogen and oxygen atoms in total. The molecule has 0 saturated carbocycles. The summed E-state index contributed by atoms with van der Waals surface area (Å²) in [7, 11) is 0. The molecule has 0 aromatic rings. The lowest BCUT2D eigenvalue weighted by atomic mass is 9.88. The summed E-state index contributed by atoms with van der Waals surface area (Å²) in [5.41, 5.74) is 5.39. The molecule has 2 heterocycles. The van der Waals surface area contributed by atoms with Crippen molar-refractivity contribution < 1.29 is 49.6 Å². The highest BCUT2D eigenvalue weighted by Crippen LogP contribution is 2.29. The monoisotopic (exact) mass is 357 g/mol. The summed E-state index contributed by atoms with van der Waals surface area (Å²) in [6.07, 6.45) is -16.6. The summed E-state index contributed by atoms with van der Waals surface area (Å²) in [5.74, 6) is 0. The molecule has 0 amide bonds. The van der Waals surface area contributed by atoms with Crippen molar-refractivity contribution in [3.8, 4) is 0 Å². The first-order valence-corrected chi connectivity index (χ1v) is 7.58.